The molecule has 2 aliphatic rings. The molecule has 1 aliphatic carbocycles. The van der Waals surface area contributed by atoms with E-state index in [9.17, 15) is 9.00 Å². The Morgan fingerprint density at radius 2 is 1.85 bits per heavy atom. The molecule has 4 unspecified atom stereocenters. The maximum atomic E-state index is 13.3. The maximum Gasteiger partial charge on any atom is 0.233 e. The third-order valence-corrected chi connectivity index (χ3v) is 6.64. The van der Waals surface area contributed by atoms with E-state index >= 15 is 0 Å². The minimum Gasteiger partial charge on any atom is -0.284 e. The zero-order valence-corrected chi connectivity index (χ0v) is 15.4. The largest absolute Gasteiger partial charge is 0.284 e. The molecule has 1 aromatic carbocycles. The number of fused-ring (bicyclic) bond motifs is 1. The van der Waals surface area contributed by atoms with Crippen LogP contribution in [-0.2, 0) is 21.3 Å². The van der Waals surface area contributed by atoms with Crippen LogP contribution in [0.4, 0.5) is 5.69 Å². The van der Waals surface area contributed by atoms with E-state index in [2.05, 4.69) is 10.3 Å². The molecule has 26 heavy (non-hydrogen) atoms. The van der Waals surface area contributed by atoms with E-state index in [4.69, 9.17) is 0 Å². The predicted octanol–water partition coefficient (Wildman–Crippen LogP) is 2.81. The molecule has 0 bridgehead atoms. The first-order valence-electron chi connectivity index (χ1n) is 9.15. The fourth-order valence-corrected chi connectivity index (χ4v) is 5.34. The maximum absolute atomic E-state index is 13.3. The van der Waals surface area contributed by atoms with E-state index in [1.54, 1.807) is 11.1 Å². The molecule has 6 heteroatoms. The highest BCUT2D eigenvalue weighted by Gasteiger charge is 2.45. The number of pyridine rings is 1. The number of hydrogen-bond donors (Lipinski definition) is 1. The third-order valence-electron chi connectivity index (χ3n) is 5.21. The van der Waals surface area contributed by atoms with Crippen LogP contribution >= 0.6 is 0 Å². The molecular weight excluding hydrogens is 346 g/mol. The predicted molar refractivity (Wildman–Crippen MR) is 103 cm³/mol. The van der Waals surface area contributed by atoms with Crippen molar-refractivity contribution >= 4 is 22.4 Å². The van der Waals surface area contributed by atoms with Crippen LogP contribution in [0, 0.1) is 5.92 Å². The molecule has 0 radical (unpaired) electrons. The highest BCUT2D eigenvalue weighted by atomic mass is 32.2. The van der Waals surface area contributed by atoms with Crippen molar-refractivity contribution in [3.63, 3.8) is 0 Å². The minimum absolute atomic E-state index is 0.0212. The van der Waals surface area contributed by atoms with Crippen molar-refractivity contribution in [3.05, 3.63) is 60.4 Å². The van der Waals surface area contributed by atoms with Gasteiger partial charge in [0.05, 0.1) is 28.2 Å². The number of carbonyl (C=O) groups is 1. The van der Waals surface area contributed by atoms with Gasteiger partial charge in [0.1, 0.15) is 0 Å². The summed E-state index contributed by atoms with van der Waals surface area (Å²) in [5, 5.41) is 3.53. The molecule has 1 saturated heterocycles. The number of nitrogens with one attached hydrogen (secondary N) is 1. The molecule has 2 aromatic rings. The molecule has 1 aliphatic heterocycles. The normalized spacial score (nSPS) is 27.0. The second-order valence-electron chi connectivity index (χ2n) is 6.91. The summed E-state index contributed by atoms with van der Waals surface area (Å²) >= 11 is 0. The zero-order valence-electron chi connectivity index (χ0n) is 14.6. The summed E-state index contributed by atoms with van der Waals surface area (Å²) in [6.45, 7) is 0. The number of anilines is 1. The highest BCUT2D eigenvalue weighted by molar-refractivity contribution is 7.85. The Morgan fingerprint density at radius 1 is 1.08 bits per heavy atom. The van der Waals surface area contributed by atoms with Gasteiger partial charge in [0.25, 0.3) is 0 Å². The lowest BCUT2D eigenvalue weighted by molar-refractivity contribution is -0.126. The van der Waals surface area contributed by atoms with Gasteiger partial charge in [-0.15, -0.1) is 0 Å². The standard InChI is InChI=1S/C20H23N3O2S/c24-19-17-11-4-5-12-18(17)22-20(23(19)16-9-2-1-3-10-16)26(25)14-15-8-6-7-13-21-15/h1-3,6-10,13,17-18,20,22H,4-5,11-12,14H2. The zero-order chi connectivity index (χ0) is 17.9. The first-order valence-corrected chi connectivity index (χ1v) is 10.5. The van der Waals surface area contributed by atoms with Crippen molar-refractivity contribution in [2.75, 3.05) is 4.90 Å². The summed E-state index contributed by atoms with van der Waals surface area (Å²) in [5.41, 5.74) is 1.05. The van der Waals surface area contributed by atoms with Gasteiger partial charge >= 0.3 is 0 Å². The van der Waals surface area contributed by atoms with Crippen molar-refractivity contribution in [1.82, 2.24) is 10.3 Å². The molecular formula is C20H23N3O2S. The van der Waals surface area contributed by atoms with Crippen LogP contribution < -0.4 is 10.2 Å². The van der Waals surface area contributed by atoms with E-state index in [0.29, 0.717) is 5.75 Å². The van der Waals surface area contributed by atoms with Gasteiger partial charge in [-0.25, -0.2) is 0 Å². The molecule has 1 amide bonds. The number of nitrogens with zero attached hydrogens (tertiary/aromatic N) is 2. The summed E-state index contributed by atoms with van der Waals surface area (Å²) < 4.78 is 13.2. The average molecular weight is 369 g/mol. The Kier molecular flexibility index (Phi) is 5.13. The van der Waals surface area contributed by atoms with E-state index in [-0.39, 0.29) is 17.9 Å². The van der Waals surface area contributed by atoms with Gasteiger partial charge in [-0.3, -0.25) is 24.2 Å². The van der Waals surface area contributed by atoms with Gasteiger partial charge in [0, 0.05) is 17.9 Å². The van der Waals surface area contributed by atoms with E-state index in [0.717, 1.165) is 37.1 Å². The second-order valence-corrected chi connectivity index (χ2v) is 8.40. The van der Waals surface area contributed by atoms with Crippen molar-refractivity contribution in [2.24, 2.45) is 5.92 Å². The molecule has 136 valence electrons. The van der Waals surface area contributed by atoms with Crippen LogP contribution in [-0.4, -0.2) is 26.6 Å². The smallest absolute Gasteiger partial charge is 0.233 e. The van der Waals surface area contributed by atoms with Crippen molar-refractivity contribution in [1.29, 1.82) is 0 Å². The molecule has 2 heterocycles. The van der Waals surface area contributed by atoms with Crippen molar-refractivity contribution in [3.8, 4) is 0 Å². The number of rotatable bonds is 4. The van der Waals surface area contributed by atoms with Gasteiger partial charge in [0.2, 0.25) is 5.91 Å². The van der Waals surface area contributed by atoms with Gasteiger partial charge in [-0.2, -0.15) is 0 Å². The summed E-state index contributed by atoms with van der Waals surface area (Å²) in [7, 11) is -1.29. The summed E-state index contributed by atoms with van der Waals surface area (Å²) in [6.07, 6.45) is 5.78. The Hall–Kier alpha value is -2.05. The van der Waals surface area contributed by atoms with Gasteiger partial charge in [-0.1, -0.05) is 37.1 Å². The first-order chi connectivity index (χ1) is 12.7. The SMILES string of the molecule is O=C1C2CCCCC2NC(S(=O)Cc2ccccn2)N1c1ccccc1. The lowest BCUT2D eigenvalue weighted by atomic mass is 9.82. The number of amides is 1. The number of carbonyl (C=O) groups excluding carboxylic acids is 1. The quantitative estimate of drug-likeness (QED) is 0.900. The minimum atomic E-state index is -1.29. The average Bonchev–Trinajstić information content (AvgIpc) is 2.69. The van der Waals surface area contributed by atoms with Crippen LogP contribution in [0.15, 0.2) is 54.7 Å². The Morgan fingerprint density at radius 3 is 2.62 bits per heavy atom. The van der Waals surface area contributed by atoms with Crippen LogP contribution in [0.2, 0.25) is 0 Å². The van der Waals surface area contributed by atoms with E-state index in [1.807, 2.05) is 48.5 Å². The van der Waals surface area contributed by atoms with E-state index < -0.39 is 16.3 Å². The Labute approximate surface area is 156 Å². The Bertz CT molecular complexity index is 784. The summed E-state index contributed by atoms with van der Waals surface area (Å²) in [6, 6.07) is 15.3. The molecule has 2 fully saturated rings. The molecule has 5 nitrogen and oxygen atoms in total. The second kappa shape index (κ2) is 7.68. The third kappa shape index (κ3) is 3.44. The summed E-state index contributed by atoms with van der Waals surface area (Å²) in [5.74, 6) is 0.401. The van der Waals surface area contributed by atoms with Crippen LogP contribution in [0.5, 0.6) is 0 Å². The number of hydrogen-bond acceptors (Lipinski definition) is 4. The molecule has 1 N–H and O–H groups in total. The number of benzene rings is 1. The molecule has 0 spiro atoms. The molecule has 1 saturated carbocycles. The highest BCUT2D eigenvalue weighted by Crippen LogP contribution is 2.34. The van der Waals surface area contributed by atoms with Crippen LogP contribution in [0.25, 0.3) is 0 Å². The van der Waals surface area contributed by atoms with Gasteiger partial charge in [0.15, 0.2) is 5.50 Å². The van der Waals surface area contributed by atoms with E-state index in [1.165, 1.54) is 0 Å². The van der Waals surface area contributed by atoms with Crippen LogP contribution in [0.3, 0.4) is 0 Å². The fourth-order valence-electron chi connectivity index (χ4n) is 3.93. The first kappa shape index (κ1) is 17.4. The monoisotopic (exact) mass is 369 g/mol. The van der Waals surface area contributed by atoms with Crippen LogP contribution in [0.1, 0.15) is 31.4 Å². The molecule has 4 atom stereocenters. The summed E-state index contributed by atoms with van der Waals surface area (Å²) in [4.78, 5) is 19.3. The molecule has 4 rings (SSSR count). The molecule has 1 aromatic heterocycles. The van der Waals surface area contributed by atoms with Gasteiger partial charge < -0.3 is 0 Å². The van der Waals surface area contributed by atoms with Crippen molar-refractivity contribution < 1.29 is 9.00 Å². The topological polar surface area (TPSA) is 62.3 Å². The number of aromatic nitrogens is 1. The van der Waals surface area contributed by atoms with Crippen molar-refractivity contribution in [2.45, 2.75) is 43.0 Å². The Balaban J connectivity index is 1.64. The fraction of sp³-hybridized carbons (Fsp3) is 0.400. The number of para-hydroxylation sites is 1. The lowest BCUT2D eigenvalue weighted by Gasteiger charge is -2.45. The lowest BCUT2D eigenvalue weighted by Crippen LogP contribution is -2.65. The van der Waals surface area contributed by atoms with Gasteiger partial charge in [-0.05, 0) is 37.1 Å².